The van der Waals surface area contributed by atoms with Crippen LogP contribution >= 0.6 is 0 Å². The number of carbonyl (C=O) groups is 1. The van der Waals surface area contributed by atoms with Gasteiger partial charge in [0.1, 0.15) is 0 Å². The summed E-state index contributed by atoms with van der Waals surface area (Å²) in [5.74, 6) is 0.0796. The van der Waals surface area contributed by atoms with Crippen LogP contribution in [0.25, 0.3) is 0 Å². The van der Waals surface area contributed by atoms with Crippen molar-refractivity contribution in [2.24, 2.45) is 11.8 Å². The highest BCUT2D eigenvalue weighted by atomic mass is 19.1. The predicted molar refractivity (Wildman–Crippen MR) is 43.4 cm³/mol. The summed E-state index contributed by atoms with van der Waals surface area (Å²) in [6, 6.07) is 0. The number of rotatable bonds is 2. The third-order valence-corrected chi connectivity index (χ3v) is 2.60. The average molecular weight is 174 g/mol. The second-order valence-corrected chi connectivity index (χ2v) is 3.40. The molecule has 0 amide bonds. The van der Waals surface area contributed by atoms with Crippen LogP contribution in [-0.2, 0) is 9.53 Å². The van der Waals surface area contributed by atoms with Gasteiger partial charge in [-0.15, -0.1) is 0 Å². The molecule has 0 N–H and O–H groups in total. The van der Waals surface area contributed by atoms with Crippen LogP contribution in [0.5, 0.6) is 0 Å². The zero-order valence-corrected chi connectivity index (χ0v) is 7.38. The van der Waals surface area contributed by atoms with E-state index < -0.39 is 0 Å². The van der Waals surface area contributed by atoms with Crippen molar-refractivity contribution in [1.29, 1.82) is 0 Å². The summed E-state index contributed by atoms with van der Waals surface area (Å²) in [6.07, 6.45) is 3.25. The Balaban J connectivity index is 2.30. The zero-order chi connectivity index (χ0) is 8.97. The van der Waals surface area contributed by atoms with E-state index in [2.05, 4.69) is 4.74 Å². The maximum Gasteiger partial charge on any atom is 0.308 e. The Morgan fingerprint density at radius 3 is 2.42 bits per heavy atom. The molecule has 0 aliphatic heterocycles. The molecule has 0 saturated heterocycles. The summed E-state index contributed by atoms with van der Waals surface area (Å²) in [7, 11) is 1.41. The molecule has 1 rings (SSSR count). The van der Waals surface area contributed by atoms with Crippen molar-refractivity contribution in [3.63, 3.8) is 0 Å². The molecule has 0 atom stereocenters. The number of alkyl halides is 1. The van der Waals surface area contributed by atoms with Gasteiger partial charge >= 0.3 is 5.97 Å². The summed E-state index contributed by atoms with van der Waals surface area (Å²) in [5, 5.41) is 0. The summed E-state index contributed by atoms with van der Waals surface area (Å²) >= 11 is 0. The van der Waals surface area contributed by atoms with Crippen LogP contribution in [-0.4, -0.2) is 19.8 Å². The molecule has 0 aromatic rings. The van der Waals surface area contributed by atoms with E-state index >= 15 is 0 Å². The van der Waals surface area contributed by atoms with Crippen molar-refractivity contribution in [2.45, 2.75) is 25.7 Å². The van der Waals surface area contributed by atoms with E-state index in [-0.39, 0.29) is 24.5 Å². The minimum Gasteiger partial charge on any atom is -0.469 e. The van der Waals surface area contributed by atoms with Gasteiger partial charge in [0.2, 0.25) is 0 Å². The lowest BCUT2D eigenvalue weighted by atomic mass is 9.83. The van der Waals surface area contributed by atoms with Crippen molar-refractivity contribution in [2.75, 3.05) is 13.8 Å². The van der Waals surface area contributed by atoms with E-state index in [4.69, 9.17) is 0 Å². The molecule has 0 unspecified atom stereocenters. The Bertz CT molecular complexity index is 151. The van der Waals surface area contributed by atoms with Gasteiger partial charge in [0.15, 0.2) is 0 Å². The van der Waals surface area contributed by atoms with Crippen LogP contribution in [0.2, 0.25) is 0 Å². The molecule has 1 aliphatic rings. The molecule has 0 heterocycles. The zero-order valence-electron chi connectivity index (χ0n) is 7.38. The number of hydrogen-bond donors (Lipinski definition) is 0. The Kier molecular flexibility index (Phi) is 3.50. The largest absolute Gasteiger partial charge is 0.469 e. The van der Waals surface area contributed by atoms with Gasteiger partial charge in [-0.05, 0) is 31.6 Å². The average Bonchev–Trinajstić information content (AvgIpc) is 2.17. The minimum atomic E-state index is -0.242. The molecule has 0 aromatic heterocycles. The fourth-order valence-corrected chi connectivity index (χ4v) is 1.72. The maximum atomic E-state index is 12.2. The van der Waals surface area contributed by atoms with Crippen LogP contribution in [0.1, 0.15) is 25.7 Å². The summed E-state index contributed by atoms with van der Waals surface area (Å²) in [4.78, 5) is 11.0. The second kappa shape index (κ2) is 4.43. The fourth-order valence-electron chi connectivity index (χ4n) is 1.72. The molecule has 0 radical (unpaired) electrons. The van der Waals surface area contributed by atoms with Gasteiger partial charge in [-0.3, -0.25) is 9.18 Å². The lowest BCUT2D eigenvalue weighted by Gasteiger charge is -2.24. The van der Waals surface area contributed by atoms with Gasteiger partial charge in [-0.2, -0.15) is 0 Å². The third kappa shape index (κ3) is 2.19. The number of halogens is 1. The molecule has 1 fully saturated rings. The van der Waals surface area contributed by atoms with E-state index in [9.17, 15) is 9.18 Å². The predicted octanol–water partition coefficient (Wildman–Crippen LogP) is 1.94. The fraction of sp³-hybridized carbons (Fsp3) is 0.889. The van der Waals surface area contributed by atoms with Gasteiger partial charge in [0.05, 0.1) is 19.7 Å². The van der Waals surface area contributed by atoms with E-state index in [1.165, 1.54) is 7.11 Å². The molecule has 1 aliphatic carbocycles. The molecule has 2 nitrogen and oxygen atoms in total. The van der Waals surface area contributed by atoms with Crippen LogP contribution in [0, 0.1) is 11.8 Å². The highest BCUT2D eigenvalue weighted by Gasteiger charge is 2.26. The van der Waals surface area contributed by atoms with Gasteiger partial charge in [0.25, 0.3) is 0 Å². The standard InChI is InChI=1S/C9H15FO2/c1-12-9(11)8-4-2-7(6-10)3-5-8/h7-8H,2-6H2,1H3. The highest BCUT2D eigenvalue weighted by molar-refractivity contribution is 5.72. The first kappa shape index (κ1) is 9.49. The molecular weight excluding hydrogens is 159 g/mol. The molecule has 0 spiro atoms. The number of hydrogen-bond acceptors (Lipinski definition) is 2. The van der Waals surface area contributed by atoms with Gasteiger partial charge in [0, 0.05) is 0 Å². The Morgan fingerprint density at radius 2 is 2.00 bits per heavy atom. The molecular formula is C9H15FO2. The Labute approximate surface area is 72.1 Å². The van der Waals surface area contributed by atoms with Crippen molar-refractivity contribution < 1.29 is 13.9 Å². The van der Waals surface area contributed by atoms with Gasteiger partial charge in [-0.1, -0.05) is 0 Å². The van der Waals surface area contributed by atoms with E-state index in [0.29, 0.717) is 0 Å². The number of esters is 1. The second-order valence-electron chi connectivity index (χ2n) is 3.40. The highest BCUT2D eigenvalue weighted by Crippen LogP contribution is 2.29. The monoisotopic (exact) mass is 174 g/mol. The van der Waals surface area contributed by atoms with Crippen LogP contribution in [0.4, 0.5) is 4.39 Å². The topological polar surface area (TPSA) is 26.3 Å². The Morgan fingerprint density at radius 1 is 1.42 bits per heavy atom. The smallest absolute Gasteiger partial charge is 0.308 e. The number of methoxy groups -OCH3 is 1. The van der Waals surface area contributed by atoms with Crippen LogP contribution < -0.4 is 0 Å². The normalized spacial score (nSPS) is 29.8. The number of carbonyl (C=O) groups excluding carboxylic acids is 1. The summed E-state index contributed by atoms with van der Waals surface area (Å²) in [6.45, 7) is -0.242. The molecule has 3 heteroatoms. The van der Waals surface area contributed by atoms with Gasteiger partial charge in [-0.25, -0.2) is 0 Å². The van der Waals surface area contributed by atoms with Crippen LogP contribution in [0.3, 0.4) is 0 Å². The summed E-state index contributed by atoms with van der Waals surface area (Å²) in [5.41, 5.74) is 0. The quantitative estimate of drug-likeness (QED) is 0.598. The van der Waals surface area contributed by atoms with Gasteiger partial charge < -0.3 is 4.74 Å². The third-order valence-electron chi connectivity index (χ3n) is 2.60. The SMILES string of the molecule is COC(=O)C1CCC(CF)CC1. The molecule has 12 heavy (non-hydrogen) atoms. The first-order chi connectivity index (χ1) is 5.77. The first-order valence-electron chi connectivity index (χ1n) is 4.41. The maximum absolute atomic E-state index is 12.2. The van der Waals surface area contributed by atoms with E-state index in [0.717, 1.165) is 25.7 Å². The molecule has 1 saturated carbocycles. The molecule has 0 bridgehead atoms. The van der Waals surface area contributed by atoms with Crippen molar-refractivity contribution in [3.8, 4) is 0 Å². The van der Waals surface area contributed by atoms with Crippen LogP contribution in [0.15, 0.2) is 0 Å². The van der Waals surface area contributed by atoms with E-state index in [1.807, 2.05) is 0 Å². The van der Waals surface area contributed by atoms with Crippen molar-refractivity contribution in [1.82, 2.24) is 0 Å². The van der Waals surface area contributed by atoms with Crippen molar-refractivity contribution >= 4 is 5.97 Å². The number of ether oxygens (including phenoxy) is 1. The van der Waals surface area contributed by atoms with Crippen molar-refractivity contribution in [3.05, 3.63) is 0 Å². The molecule has 70 valence electrons. The lowest BCUT2D eigenvalue weighted by Crippen LogP contribution is -2.23. The van der Waals surface area contributed by atoms with E-state index in [1.54, 1.807) is 0 Å². The first-order valence-corrected chi connectivity index (χ1v) is 4.41. The Hall–Kier alpha value is -0.600. The lowest BCUT2D eigenvalue weighted by molar-refractivity contribution is -0.146. The molecule has 0 aromatic carbocycles. The minimum absolute atomic E-state index is 0.0257. The summed E-state index contributed by atoms with van der Waals surface area (Å²) < 4.78 is 16.8.